The average molecular weight is 281 g/mol. The predicted molar refractivity (Wildman–Crippen MR) is 74.0 cm³/mol. The van der Waals surface area contributed by atoms with Gasteiger partial charge in [-0.05, 0) is 18.4 Å². The molecule has 2 aliphatic heterocycles. The first kappa shape index (κ1) is 12.9. The van der Waals surface area contributed by atoms with Crippen molar-refractivity contribution >= 4 is 9.84 Å². The molecule has 0 aliphatic carbocycles. The Balaban J connectivity index is 1.96. The lowest BCUT2D eigenvalue weighted by molar-refractivity contribution is 0.350. The quantitative estimate of drug-likeness (QED) is 0.893. The van der Waals surface area contributed by atoms with Gasteiger partial charge in [-0.3, -0.25) is 0 Å². The van der Waals surface area contributed by atoms with E-state index in [2.05, 4.69) is 0 Å². The largest absolute Gasteiger partial charge is 0.493 e. The van der Waals surface area contributed by atoms with Gasteiger partial charge in [-0.2, -0.15) is 0 Å². The second-order valence-electron chi connectivity index (χ2n) is 5.36. The number of benzene rings is 1. The Kier molecular flexibility index (Phi) is 3.27. The van der Waals surface area contributed by atoms with Gasteiger partial charge in [0.15, 0.2) is 9.84 Å². The summed E-state index contributed by atoms with van der Waals surface area (Å²) in [6, 6.07) is 5.39. The van der Waals surface area contributed by atoms with E-state index >= 15 is 0 Å². The van der Waals surface area contributed by atoms with E-state index in [4.69, 9.17) is 10.5 Å². The molecule has 0 spiro atoms. The first-order chi connectivity index (χ1) is 9.09. The molecular formula is C14H19NO3S. The fourth-order valence-electron chi connectivity index (χ4n) is 3.09. The lowest BCUT2D eigenvalue weighted by Crippen LogP contribution is -2.38. The predicted octanol–water partition coefficient (Wildman–Crippen LogP) is 1.59. The average Bonchev–Trinajstić information content (AvgIpc) is 2.85. The summed E-state index contributed by atoms with van der Waals surface area (Å²) in [7, 11) is -3.07. The molecule has 3 rings (SSSR count). The summed E-state index contributed by atoms with van der Waals surface area (Å²) in [5.41, 5.74) is 8.25. The van der Waals surface area contributed by atoms with Crippen LogP contribution in [0, 0.1) is 0 Å². The summed E-state index contributed by atoms with van der Waals surface area (Å²) >= 11 is 0. The lowest BCUT2D eigenvalue weighted by atomic mass is 9.97. The van der Waals surface area contributed by atoms with Crippen LogP contribution in [0.4, 0.5) is 0 Å². The van der Waals surface area contributed by atoms with Crippen molar-refractivity contribution in [1.29, 1.82) is 0 Å². The van der Waals surface area contributed by atoms with Crippen LogP contribution in [0.15, 0.2) is 18.2 Å². The first-order valence-corrected chi connectivity index (χ1v) is 8.53. The van der Waals surface area contributed by atoms with Crippen molar-refractivity contribution in [2.45, 2.75) is 37.0 Å². The molecule has 2 heterocycles. The Labute approximate surface area is 113 Å². The van der Waals surface area contributed by atoms with Crippen molar-refractivity contribution in [3.05, 3.63) is 29.3 Å². The number of nitrogens with two attached hydrogens (primary N) is 1. The van der Waals surface area contributed by atoms with Gasteiger partial charge in [-0.15, -0.1) is 0 Å². The summed E-state index contributed by atoms with van der Waals surface area (Å²) in [4.78, 5) is 0. The monoisotopic (exact) mass is 281 g/mol. The number of ether oxygens (including phenoxy) is 1. The molecule has 2 unspecified atom stereocenters. The molecule has 0 radical (unpaired) electrons. The number of rotatable bonds is 2. The lowest BCUT2D eigenvalue weighted by Gasteiger charge is -2.28. The Bertz CT molecular complexity index is 582. The molecule has 4 nitrogen and oxygen atoms in total. The van der Waals surface area contributed by atoms with Crippen LogP contribution in [0.3, 0.4) is 0 Å². The fourth-order valence-corrected chi connectivity index (χ4v) is 5.11. The third kappa shape index (κ3) is 2.25. The number of fused-ring (bicyclic) bond motifs is 1. The van der Waals surface area contributed by atoms with Gasteiger partial charge in [0.1, 0.15) is 5.75 Å². The molecule has 1 aromatic carbocycles. The van der Waals surface area contributed by atoms with E-state index in [1.807, 2.05) is 18.2 Å². The molecular weight excluding hydrogens is 262 g/mol. The highest BCUT2D eigenvalue weighted by Crippen LogP contribution is 2.37. The van der Waals surface area contributed by atoms with Crippen molar-refractivity contribution in [3.63, 3.8) is 0 Å². The Morgan fingerprint density at radius 1 is 1.32 bits per heavy atom. The van der Waals surface area contributed by atoms with Crippen molar-refractivity contribution < 1.29 is 13.2 Å². The van der Waals surface area contributed by atoms with E-state index < -0.39 is 21.1 Å². The van der Waals surface area contributed by atoms with Crippen molar-refractivity contribution in [3.8, 4) is 5.75 Å². The van der Waals surface area contributed by atoms with Gasteiger partial charge in [-0.25, -0.2) is 8.42 Å². The van der Waals surface area contributed by atoms with Gasteiger partial charge in [0.25, 0.3) is 0 Å². The van der Waals surface area contributed by atoms with E-state index in [1.165, 1.54) is 0 Å². The Morgan fingerprint density at radius 2 is 2.16 bits per heavy atom. The molecule has 104 valence electrons. The van der Waals surface area contributed by atoms with Gasteiger partial charge in [-0.1, -0.05) is 24.6 Å². The maximum atomic E-state index is 12.2. The Hall–Kier alpha value is -1.07. The third-order valence-corrected chi connectivity index (χ3v) is 6.44. The molecule has 2 atom stereocenters. The van der Waals surface area contributed by atoms with Crippen LogP contribution in [0.1, 0.15) is 36.4 Å². The van der Waals surface area contributed by atoms with Crippen LogP contribution < -0.4 is 10.5 Å². The molecule has 5 heteroatoms. The highest BCUT2D eigenvalue weighted by atomic mass is 32.2. The van der Waals surface area contributed by atoms with Crippen molar-refractivity contribution in [2.75, 3.05) is 12.4 Å². The van der Waals surface area contributed by atoms with Crippen LogP contribution in [0.5, 0.6) is 5.75 Å². The van der Waals surface area contributed by atoms with Crippen LogP contribution in [-0.4, -0.2) is 26.0 Å². The SMILES string of the molecule is NC(c1cccc2c1OCC2)C1CCCCS1(=O)=O. The van der Waals surface area contributed by atoms with Crippen molar-refractivity contribution in [2.24, 2.45) is 5.73 Å². The van der Waals surface area contributed by atoms with Gasteiger partial charge in [0.2, 0.25) is 0 Å². The first-order valence-electron chi connectivity index (χ1n) is 6.81. The van der Waals surface area contributed by atoms with Gasteiger partial charge in [0, 0.05) is 12.0 Å². The zero-order chi connectivity index (χ0) is 13.5. The van der Waals surface area contributed by atoms with Crippen molar-refractivity contribution in [1.82, 2.24) is 0 Å². The maximum Gasteiger partial charge on any atom is 0.155 e. The standard InChI is InChI=1S/C14H19NO3S/c15-13(12-6-1-2-9-19(12,16)17)11-5-3-4-10-7-8-18-14(10)11/h3-5,12-13H,1-2,6-9,15H2. The molecule has 0 amide bonds. The van der Waals surface area contributed by atoms with Gasteiger partial charge in [0.05, 0.1) is 23.7 Å². The highest BCUT2D eigenvalue weighted by molar-refractivity contribution is 7.92. The minimum absolute atomic E-state index is 0.265. The fraction of sp³-hybridized carbons (Fsp3) is 0.571. The maximum absolute atomic E-state index is 12.2. The Morgan fingerprint density at radius 3 is 2.95 bits per heavy atom. The summed E-state index contributed by atoms with van der Waals surface area (Å²) < 4.78 is 30.0. The summed E-state index contributed by atoms with van der Waals surface area (Å²) in [6.45, 7) is 0.663. The molecule has 0 bridgehead atoms. The summed E-state index contributed by atoms with van der Waals surface area (Å²) in [5, 5.41) is -0.461. The molecule has 1 fully saturated rings. The van der Waals surface area contributed by atoms with Crippen LogP contribution in [-0.2, 0) is 16.3 Å². The van der Waals surface area contributed by atoms with E-state index in [9.17, 15) is 8.42 Å². The number of hydrogen-bond acceptors (Lipinski definition) is 4. The zero-order valence-corrected chi connectivity index (χ0v) is 11.7. The minimum Gasteiger partial charge on any atom is -0.493 e. The highest BCUT2D eigenvalue weighted by Gasteiger charge is 2.36. The van der Waals surface area contributed by atoms with E-state index in [-0.39, 0.29) is 5.75 Å². The topological polar surface area (TPSA) is 69.4 Å². The molecule has 0 saturated carbocycles. The van der Waals surface area contributed by atoms with Crippen LogP contribution in [0.2, 0.25) is 0 Å². The molecule has 0 aromatic heterocycles. The molecule has 1 saturated heterocycles. The normalized spacial score (nSPS) is 26.5. The number of sulfone groups is 1. The zero-order valence-electron chi connectivity index (χ0n) is 10.8. The molecule has 2 N–H and O–H groups in total. The van der Waals surface area contributed by atoms with Gasteiger partial charge >= 0.3 is 0 Å². The molecule has 19 heavy (non-hydrogen) atoms. The third-order valence-electron chi connectivity index (χ3n) is 4.13. The van der Waals surface area contributed by atoms with Crippen LogP contribution in [0.25, 0.3) is 0 Å². The summed E-state index contributed by atoms with van der Waals surface area (Å²) in [5.74, 6) is 1.08. The minimum atomic E-state index is -3.07. The number of hydrogen-bond donors (Lipinski definition) is 1. The molecule has 1 aromatic rings. The second kappa shape index (κ2) is 4.80. The molecule has 2 aliphatic rings. The van der Waals surface area contributed by atoms with E-state index in [1.54, 1.807) is 0 Å². The number of para-hydroxylation sites is 1. The smallest absolute Gasteiger partial charge is 0.155 e. The van der Waals surface area contributed by atoms with Crippen LogP contribution >= 0.6 is 0 Å². The second-order valence-corrected chi connectivity index (χ2v) is 7.70. The van der Waals surface area contributed by atoms with Gasteiger partial charge < -0.3 is 10.5 Å². The summed E-state index contributed by atoms with van der Waals surface area (Å²) in [6.07, 6.45) is 3.24. The van der Waals surface area contributed by atoms with E-state index in [0.717, 1.165) is 36.1 Å². The van der Waals surface area contributed by atoms with E-state index in [0.29, 0.717) is 13.0 Å².